The van der Waals surface area contributed by atoms with Gasteiger partial charge >= 0.3 is 0 Å². The lowest BCUT2D eigenvalue weighted by atomic mass is 9.98. The third kappa shape index (κ3) is 10.6. The number of hydrogen-bond donors (Lipinski definition) is 3. The number of ether oxygens (including phenoxy) is 1. The van der Waals surface area contributed by atoms with Crippen LogP contribution >= 0.6 is 0 Å². The molecule has 1 aliphatic carbocycles. The van der Waals surface area contributed by atoms with Crippen molar-refractivity contribution in [1.82, 2.24) is 20.9 Å². The Morgan fingerprint density at radius 2 is 1.77 bits per heavy atom. The molecule has 1 amide bonds. The summed E-state index contributed by atoms with van der Waals surface area (Å²) in [6.07, 6.45) is 13.7. The van der Waals surface area contributed by atoms with Crippen LogP contribution in [0.3, 0.4) is 0 Å². The second-order valence-corrected chi connectivity index (χ2v) is 8.74. The van der Waals surface area contributed by atoms with E-state index < -0.39 is 0 Å². The van der Waals surface area contributed by atoms with Gasteiger partial charge in [0.15, 0.2) is 5.96 Å². The van der Waals surface area contributed by atoms with Gasteiger partial charge in [-0.1, -0.05) is 26.2 Å². The quantitative estimate of drug-likeness (QED) is 0.256. The Balaban J connectivity index is 1.48. The third-order valence-corrected chi connectivity index (χ3v) is 6.11. The lowest BCUT2D eigenvalue weighted by Gasteiger charge is -2.32. The van der Waals surface area contributed by atoms with Crippen molar-refractivity contribution in [3.05, 3.63) is 0 Å². The summed E-state index contributed by atoms with van der Waals surface area (Å²) in [5.41, 5.74) is 0. The summed E-state index contributed by atoms with van der Waals surface area (Å²) in [6, 6.07) is 0.426. The number of piperidine rings is 1. The first-order valence-corrected chi connectivity index (χ1v) is 12.3. The zero-order valence-electron chi connectivity index (χ0n) is 19.4. The molecule has 0 spiro atoms. The number of amides is 1. The minimum absolute atomic E-state index is 0.143. The Morgan fingerprint density at radius 1 is 1.00 bits per heavy atom. The molecule has 0 aromatic carbocycles. The number of aliphatic imine (C=N–C) groups is 1. The van der Waals surface area contributed by atoms with Gasteiger partial charge in [0.1, 0.15) is 0 Å². The monoisotopic (exact) mass is 423 g/mol. The van der Waals surface area contributed by atoms with Crippen molar-refractivity contribution in [2.75, 3.05) is 46.4 Å². The van der Waals surface area contributed by atoms with Crippen LogP contribution in [0.2, 0.25) is 0 Å². The maximum absolute atomic E-state index is 11.9. The van der Waals surface area contributed by atoms with Crippen LogP contribution in [0.15, 0.2) is 4.99 Å². The normalized spacial score (nSPS) is 19.6. The predicted octanol–water partition coefficient (Wildman–Crippen LogP) is 2.66. The van der Waals surface area contributed by atoms with Crippen molar-refractivity contribution in [1.29, 1.82) is 0 Å². The highest BCUT2D eigenvalue weighted by atomic mass is 16.5. The molecule has 1 saturated carbocycles. The van der Waals surface area contributed by atoms with Gasteiger partial charge < -0.3 is 20.7 Å². The van der Waals surface area contributed by atoms with E-state index in [4.69, 9.17) is 4.74 Å². The zero-order valence-corrected chi connectivity index (χ0v) is 19.4. The van der Waals surface area contributed by atoms with Crippen molar-refractivity contribution in [2.45, 2.75) is 89.7 Å². The number of rotatable bonds is 12. The van der Waals surface area contributed by atoms with Crippen LogP contribution < -0.4 is 16.0 Å². The molecule has 0 aromatic heterocycles. The van der Waals surface area contributed by atoms with Crippen LogP contribution in [0.25, 0.3) is 0 Å². The molecular weight excluding hydrogens is 378 g/mol. The van der Waals surface area contributed by atoms with E-state index in [1.165, 1.54) is 38.5 Å². The molecule has 2 fully saturated rings. The zero-order chi connectivity index (χ0) is 21.4. The topological polar surface area (TPSA) is 78.0 Å². The largest absolute Gasteiger partial charge is 0.378 e. The molecule has 174 valence electrons. The highest BCUT2D eigenvalue weighted by molar-refractivity contribution is 5.80. The molecule has 30 heavy (non-hydrogen) atoms. The number of nitrogens with zero attached hydrogens (tertiary/aromatic N) is 2. The molecule has 0 atom stereocenters. The van der Waals surface area contributed by atoms with Gasteiger partial charge in [-0.3, -0.25) is 14.7 Å². The summed E-state index contributed by atoms with van der Waals surface area (Å²) in [5.74, 6) is 1.04. The average molecular weight is 424 g/mol. The van der Waals surface area contributed by atoms with E-state index in [0.717, 1.165) is 70.8 Å². The molecular formula is C23H45N5O2. The maximum atomic E-state index is 11.9. The second kappa shape index (κ2) is 15.5. The number of guanidine groups is 1. The smallest absolute Gasteiger partial charge is 0.234 e. The van der Waals surface area contributed by atoms with Crippen LogP contribution in [0.1, 0.15) is 77.6 Å². The van der Waals surface area contributed by atoms with Crippen LogP contribution in [-0.2, 0) is 9.53 Å². The van der Waals surface area contributed by atoms with E-state index in [9.17, 15) is 4.79 Å². The van der Waals surface area contributed by atoms with Gasteiger partial charge in [-0.2, -0.15) is 0 Å². The fourth-order valence-electron chi connectivity index (χ4n) is 4.24. The van der Waals surface area contributed by atoms with Crippen LogP contribution in [0.4, 0.5) is 0 Å². The fraction of sp³-hybridized carbons (Fsp3) is 0.913. The predicted molar refractivity (Wildman–Crippen MR) is 124 cm³/mol. The molecule has 0 radical (unpaired) electrons. The summed E-state index contributed by atoms with van der Waals surface area (Å²) < 4.78 is 6.00. The molecule has 1 heterocycles. The molecule has 7 heteroatoms. The van der Waals surface area contributed by atoms with Crippen LogP contribution in [0.5, 0.6) is 0 Å². The van der Waals surface area contributed by atoms with E-state index in [0.29, 0.717) is 18.7 Å². The first-order valence-electron chi connectivity index (χ1n) is 12.3. The summed E-state index contributed by atoms with van der Waals surface area (Å²) in [7, 11) is 1.83. The molecule has 3 N–H and O–H groups in total. The number of unbranched alkanes of at least 4 members (excludes halogenated alkanes) is 2. The number of carbonyl (C=O) groups excluding carboxylic acids is 1. The minimum Gasteiger partial charge on any atom is -0.378 e. The van der Waals surface area contributed by atoms with Crippen LogP contribution in [-0.4, -0.2) is 75.3 Å². The molecule has 2 rings (SSSR count). The lowest BCUT2D eigenvalue weighted by molar-refractivity contribution is -0.122. The van der Waals surface area contributed by atoms with Gasteiger partial charge in [0.2, 0.25) is 5.91 Å². The maximum Gasteiger partial charge on any atom is 0.234 e. The van der Waals surface area contributed by atoms with Crippen molar-refractivity contribution in [2.24, 2.45) is 4.99 Å². The number of likely N-dealkylation sites (tertiary alicyclic amines) is 1. The summed E-state index contributed by atoms with van der Waals surface area (Å²) in [6.45, 7) is 7.12. The SMILES string of the molecule is CCCNC(=O)CN1CCC(NC(=NC)NCCCCCOC2CCCCC2)CC1. The average Bonchev–Trinajstić information content (AvgIpc) is 2.78. The summed E-state index contributed by atoms with van der Waals surface area (Å²) in [5, 5.41) is 9.95. The van der Waals surface area contributed by atoms with Crippen molar-refractivity contribution in [3.63, 3.8) is 0 Å². The van der Waals surface area contributed by atoms with Gasteiger partial charge in [-0.15, -0.1) is 0 Å². The van der Waals surface area contributed by atoms with Crippen molar-refractivity contribution in [3.8, 4) is 0 Å². The molecule has 2 aliphatic rings. The first-order chi connectivity index (χ1) is 14.7. The van der Waals surface area contributed by atoms with Crippen molar-refractivity contribution < 1.29 is 9.53 Å². The van der Waals surface area contributed by atoms with E-state index in [1.54, 1.807) is 0 Å². The van der Waals surface area contributed by atoms with Gasteiger partial charge in [0, 0.05) is 45.9 Å². The number of hydrogen-bond acceptors (Lipinski definition) is 4. The Bertz CT molecular complexity index is 486. The molecule has 0 aromatic rings. The van der Waals surface area contributed by atoms with Crippen LogP contribution in [0, 0.1) is 0 Å². The highest BCUT2D eigenvalue weighted by Gasteiger charge is 2.21. The number of carbonyl (C=O) groups is 1. The summed E-state index contributed by atoms with van der Waals surface area (Å²) >= 11 is 0. The minimum atomic E-state index is 0.143. The lowest BCUT2D eigenvalue weighted by Crippen LogP contribution is -2.50. The first kappa shape index (κ1) is 24.9. The summed E-state index contributed by atoms with van der Waals surface area (Å²) in [4.78, 5) is 18.5. The van der Waals surface area contributed by atoms with Crippen molar-refractivity contribution >= 4 is 11.9 Å². The molecule has 7 nitrogen and oxygen atoms in total. The van der Waals surface area contributed by atoms with Gasteiger partial charge in [-0.25, -0.2) is 0 Å². The van der Waals surface area contributed by atoms with E-state index in [1.807, 2.05) is 7.05 Å². The molecule has 1 saturated heterocycles. The Labute approximate surface area is 183 Å². The van der Waals surface area contributed by atoms with E-state index in [-0.39, 0.29) is 5.91 Å². The van der Waals surface area contributed by atoms with Gasteiger partial charge in [0.25, 0.3) is 0 Å². The third-order valence-electron chi connectivity index (χ3n) is 6.11. The Morgan fingerprint density at radius 3 is 2.47 bits per heavy atom. The highest BCUT2D eigenvalue weighted by Crippen LogP contribution is 2.20. The van der Waals surface area contributed by atoms with Gasteiger partial charge in [-0.05, 0) is 51.4 Å². The molecule has 0 bridgehead atoms. The van der Waals surface area contributed by atoms with E-state index >= 15 is 0 Å². The molecule has 1 aliphatic heterocycles. The Hall–Kier alpha value is -1.34. The van der Waals surface area contributed by atoms with Gasteiger partial charge in [0.05, 0.1) is 12.6 Å². The molecule has 0 unspecified atom stereocenters. The Kier molecular flexibility index (Phi) is 12.8. The number of nitrogens with one attached hydrogen (secondary N) is 3. The van der Waals surface area contributed by atoms with E-state index in [2.05, 4.69) is 32.8 Å². The fourth-order valence-corrected chi connectivity index (χ4v) is 4.24. The second-order valence-electron chi connectivity index (χ2n) is 8.74. The standard InChI is InChI=1S/C23H45N5O2/c1-3-14-25-22(29)19-28-16-12-20(13-17-28)27-23(24-2)26-15-8-5-9-18-30-21-10-6-4-7-11-21/h20-21H,3-19H2,1-2H3,(H,25,29)(H2,24,26,27).